The van der Waals surface area contributed by atoms with Crippen LogP contribution in [0.3, 0.4) is 0 Å². The topological polar surface area (TPSA) is 87.0 Å². The van der Waals surface area contributed by atoms with Gasteiger partial charge in [-0.2, -0.15) is 0 Å². The Morgan fingerprint density at radius 2 is 1.85 bits per heavy atom. The Balaban J connectivity index is 1.65. The van der Waals surface area contributed by atoms with Crippen molar-refractivity contribution in [1.82, 2.24) is 0 Å². The van der Waals surface area contributed by atoms with Gasteiger partial charge in [0.15, 0.2) is 0 Å². The molecule has 0 amide bonds. The fourth-order valence-corrected chi connectivity index (χ4v) is 7.64. The van der Waals surface area contributed by atoms with Crippen molar-refractivity contribution in [3.8, 4) is 0 Å². The predicted octanol–water partition coefficient (Wildman–Crippen LogP) is 2.26. The lowest BCUT2D eigenvalue weighted by Crippen LogP contribution is -2.60. The molecule has 4 aliphatic carbocycles. The summed E-state index contributed by atoms with van der Waals surface area (Å²) in [6.45, 7) is 3.85. The van der Waals surface area contributed by atoms with Crippen molar-refractivity contribution in [3.05, 3.63) is 0 Å². The molecule has 148 valence electrons. The summed E-state index contributed by atoms with van der Waals surface area (Å²) in [5.74, 6) is 0.936. The average molecular weight is 366 g/mol. The number of esters is 1. The zero-order valence-corrected chi connectivity index (χ0v) is 16.1. The molecule has 0 aromatic rings. The van der Waals surface area contributed by atoms with Gasteiger partial charge in [-0.05, 0) is 80.5 Å². The number of fused-ring (bicyclic) bond motifs is 5. The van der Waals surface area contributed by atoms with Gasteiger partial charge in [-0.1, -0.05) is 6.92 Å². The summed E-state index contributed by atoms with van der Waals surface area (Å²) in [6.07, 6.45) is 6.17. The highest BCUT2D eigenvalue weighted by Gasteiger charge is 2.64. The fraction of sp³-hybridized carbons (Fsp3) is 0.952. The van der Waals surface area contributed by atoms with E-state index in [0.29, 0.717) is 11.8 Å². The molecule has 0 bridgehead atoms. The molecule has 5 heteroatoms. The third kappa shape index (κ3) is 2.57. The Labute approximate surface area is 156 Å². The van der Waals surface area contributed by atoms with Gasteiger partial charge in [0.1, 0.15) is 6.10 Å². The molecule has 0 aliphatic heterocycles. The van der Waals surface area contributed by atoms with Crippen LogP contribution >= 0.6 is 0 Å². The molecule has 0 saturated heterocycles. The molecule has 0 spiro atoms. The van der Waals surface area contributed by atoms with Crippen molar-refractivity contribution < 1.29 is 24.9 Å². The number of hydrogen-bond acceptors (Lipinski definition) is 5. The predicted molar refractivity (Wildman–Crippen MR) is 96.1 cm³/mol. The van der Waals surface area contributed by atoms with Gasteiger partial charge in [-0.3, -0.25) is 4.79 Å². The molecule has 4 saturated carbocycles. The lowest BCUT2D eigenvalue weighted by atomic mass is 9.44. The number of ether oxygens (including phenoxy) is 1. The summed E-state index contributed by atoms with van der Waals surface area (Å²) < 4.78 is 5.62. The van der Waals surface area contributed by atoms with Gasteiger partial charge in [0.25, 0.3) is 0 Å². The summed E-state index contributed by atoms with van der Waals surface area (Å²) in [7, 11) is 0. The van der Waals surface area contributed by atoms with E-state index in [1.807, 2.05) is 0 Å². The van der Waals surface area contributed by atoms with Crippen LogP contribution in [-0.2, 0) is 9.53 Å². The van der Waals surface area contributed by atoms with Gasteiger partial charge in [-0.25, -0.2) is 0 Å². The average Bonchev–Trinajstić information content (AvgIpc) is 2.95. The second-order valence-electron chi connectivity index (χ2n) is 9.83. The van der Waals surface area contributed by atoms with Crippen LogP contribution in [0.2, 0.25) is 0 Å². The normalized spacial score (nSPS) is 53.3. The highest BCUT2D eigenvalue weighted by Crippen LogP contribution is 2.66. The summed E-state index contributed by atoms with van der Waals surface area (Å²) in [5, 5.41) is 31.6. The molecule has 0 aromatic carbocycles. The third-order valence-corrected chi connectivity index (χ3v) is 8.89. The number of carbonyl (C=O) groups is 1. The maximum Gasteiger partial charge on any atom is 0.302 e. The van der Waals surface area contributed by atoms with E-state index in [1.54, 1.807) is 0 Å². The van der Waals surface area contributed by atoms with Gasteiger partial charge in [0.2, 0.25) is 0 Å². The molecule has 26 heavy (non-hydrogen) atoms. The summed E-state index contributed by atoms with van der Waals surface area (Å²) >= 11 is 0. The maximum atomic E-state index is 11.6. The maximum absolute atomic E-state index is 11.6. The van der Waals surface area contributed by atoms with Crippen LogP contribution in [0.25, 0.3) is 0 Å². The molecule has 0 radical (unpaired) electrons. The molecule has 4 fully saturated rings. The van der Waals surface area contributed by atoms with Gasteiger partial charge >= 0.3 is 5.97 Å². The lowest BCUT2D eigenvalue weighted by molar-refractivity contribution is -0.194. The Morgan fingerprint density at radius 3 is 2.54 bits per heavy atom. The van der Waals surface area contributed by atoms with Gasteiger partial charge in [0, 0.05) is 12.3 Å². The van der Waals surface area contributed by atoms with Crippen LogP contribution in [-0.4, -0.2) is 46.2 Å². The summed E-state index contributed by atoms with van der Waals surface area (Å²) in [4.78, 5) is 11.6. The zero-order chi connectivity index (χ0) is 18.7. The van der Waals surface area contributed by atoms with E-state index in [2.05, 4.69) is 6.92 Å². The number of aliphatic hydroxyl groups excluding tert-OH is 3. The van der Waals surface area contributed by atoms with Gasteiger partial charge < -0.3 is 20.1 Å². The molecule has 0 heterocycles. The second kappa shape index (κ2) is 6.46. The van der Waals surface area contributed by atoms with E-state index >= 15 is 0 Å². The smallest absolute Gasteiger partial charge is 0.302 e. The Hall–Kier alpha value is -0.650. The van der Waals surface area contributed by atoms with Crippen molar-refractivity contribution in [2.45, 2.75) is 83.5 Å². The molecule has 5 unspecified atom stereocenters. The molecule has 9 atom stereocenters. The van der Waals surface area contributed by atoms with E-state index in [1.165, 1.54) is 6.92 Å². The van der Waals surface area contributed by atoms with Crippen LogP contribution in [0.5, 0.6) is 0 Å². The van der Waals surface area contributed by atoms with E-state index in [4.69, 9.17) is 4.74 Å². The van der Waals surface area contributed by atoms with Gasteiger partial charge in [0.05, 0.1) is 18.8 Å². The molecule has 5 nitrogen and oxygen atoms in total. The van der Waals surface area contributed by atoms with Crippen LogP contribution in [0, 0.1) is 34.5 Å². The van der Waals surface area contributed by atoms with Crippen LogP contribution < -0.4 is 0 Å². The van der Waals surface area contributed by atoms with Crippen molar-refractivity contribution in [3.63, 3.8) is 0 Å². The SMILES string of the molecule is CC(=O)O[C@H]1CCC2C3C(O)CC4C[C@@H](O)CC[C@]4(C)C3CC[C@@]21CO. The van der Waals surface area contributed by atoms with Crippen molar-refractivity contribution >= 4 is 5.97 Å². The zero-order valence-electron chi connectivity index (χ0n) is 16.1. The molecular weight excluding hydrogens is 332 g/mol. The van der Waals surface area contributed by atoms with Crippen LogP contribution in [0.1, 0.15) is 65.2 Å². The lowest BCUT2D eigenvalue weighted by Gasteiger charge is -2.62. The van der Waals surface area contributed by atoms with E-state index in [0.717, 1.165) is 51.4 Å². The molecular formula is C21H34O5. The third-order valence-electron chi connectivity index (χ3n) is 8.89. The quantitative estimate of drug-likeness (QED) is 0.653. The van der Waals surface area contributed by atoms with Crippen molar-refractivity contribution in [2.24, 2.45) is 34.5 Å². The monoisotopic (exact) mass is 366 g/mol. The Bertz CT molecular complexity index is 565. The number of hydrogen-bond donors (Lipinski definition) is 3. The minimum Gasteiger partial charge on any atom is -0.462 e. The van der Waals surface area contributed by atoms with Crippen LogP contribution in [0.4, 0.5) is 0 Å². The highest BCUT2D eigenvalue weighted by molar-refractivity contribution is 5.66. The standard InChI is InChI=1S/C21H34O5/c1-12(23)26-18-4-3-16-19-15(6-8-21(16,18)11-22)20(2)7-5-14(24)9-13(20)10-17(19)25/h13-19,22,24-25H,3-11H2,1-2H3/t13?,14-,15?,16?,17?,18-,19?,20-,21+/m0/s1. The highest BCUT2D eigenvalue weighted by atomic mass is 16.5. The van der Waals surface area contributed by atoms with E-state index in [-0.39, 0.29) is 53.6 Å². The van der Waals surface area contributed by atoms with Gasteiger partial charge in [-0.15, -0.1) is 0 Å². The Kier molecular flexibility index (Phi) is 4.64. The number of aliphatic hydroxyl groups is 3. The number of rotatable bonds is 2. The van der Waals surface area contributed by atoms with E-state index < -0.39 is 0 Å². The largest absolute Gasteiger partial charge is 0.462 e. The molecule has 4 rings (SSSR count). The second-order valence-corrected chi connectivity index (χ2v) is 9.83. The minimum absolute atomic E-state index is 0.0322. The first-order valence-corrected chi connectivity index (χ1v) is 10.5. The summed E-state index contributed by atoms with van der Waals surface area (Å²) in [6, 6.07) is 0. The van der Waals surface area contributed by atoms with Crippen molar-refractivity contribution in [2.75, 3.05) is 6.61 Å². The van der Waals surface area contributed by atoms with E-state index in [9.17, 15) is 20.1 Å². The molecule has 0 aromatic heterocycles. The first kappa shape index (κ1) is 18.7. The fourth-order valence-electron chi connectivity index (χ4n) is 7.64. The summed E-state index contributed by atoms with van der Waals surface area (Å²) in [5.41, 5.74) is -0.213. The first-order valence-electron chi connectivity index (χ1n) is 10.5. The minimum atomic E-state index is -0.384. The van der Waals surface area contributed by atoms with Crippen molar-refractivity contribution in [1.29, 1.82) is 0 Å². The Morgan fingerprint density at radius 1 is 1.08 bits per heavy atom. The molecule has 4 aliphatic rings. The number of carbonyl (C=O) groups excluding carboxylic acids is 1. The first-order chi connectivity index (χ1) is 12.3. The van der Waals surface area contributed by atoms with Crippen LogP contribution in [0.15, 0.2) is 0 Å². The molecule has 3 N–H and O–H groups in total.